The van der Waals surface area contributed by atoms with Gasteiger partial charge < -0.3 is 28.4 Å². The molecule has 4 aromatic carbocycles. The molecule has 0 amide bonds. The molecule has 2 heterocycles. The summed E-state index contributed by atoms with van der Waals surface area (Å²) in [6.45, 7) is 0. The number of aromatic nitrogens is 4. The molecule has 54 heavy (non-hydrogen) atoms. The third-order valence-corrected chi connectivity index (χ3v) is 8.36. The van der Waals surface area contributed by atoms with E-state index in [1.165, 1.54) is 14.2 Å². The first kappa shape index (κ1) is 44.4. The number of hydrogen-bond acceptors (Lipinski definition) is 12. The van der Waals surface area contributed by atoms with Crippen molar-refractivity contribution in [2.24, 2.45) is 0 Å². The minimum Gasteiger partial charge on any atom is -0.497 e. The molecular formula is C35H32Cl6N4O8S. The second kappa shape index (κ2) is 19.6. The average Bonchev–Trinajstić information content (AvgIpc) is 3.13. The van der Waals surface area contributed by atoms with Gasteiger partial charge in [-0.2, -0.15) is 8.42 Å². The van der Waals surface area contributed by atoms with E-state index in [-0.39, 0.29) is 18.0 Å². The topological polar surface area (TPSA) is 141 Å². The number of halogens is 6. The first-order valence-electron chi connectivity index (χ1n) is 14.6. The molecule has 0 fully saturated rings. The van der Waals surface area contributed by atoms with Crippen LogP contribution in [0.4, 0.5) is 0 Å². The lowest BCUT2D eigenvalue weighted by atomic mass is 10.0. The van der Waals surface area contributed by atoms with Gasteiger partial charge in [0.05, 0.1) is 63.7 Å². The summed E-state index contributed by atoms with van der Waals surface area (Å²) in [6.07, 6.45) is 3.30. The molecule has 6 aromatic rings. The molecule has 0 saturated carbocycles. The minimum atomic E-state index is -3.72. The predicted octanol–water partition coefficient (Wildman–Crippen LogP) is 10.6. The fourth-order valence-electron chi connectivity index (χ4n) is 4.92. The summed E-state index contributed by atoms with van der Waals surface area (Å²) in [5.41, 5.74) is 4.36. The monoisotopic (exact) mass is 878 g/mol. The van der Waals surface area contributed by atoms with Gasteiger partial charge in [0.15, 0.2) is 0 Å². The van der Waals surface area contributed by atoms with Gasteiger partial charge in [-0.15, -0.1) is 0 Å². The van der Waals surface area contributed by atoms with Crippen molar-refractivity contribution in [1.82, 2.24) is 19.9 Å². The first-order valence-corrected chi connectivity index (χ1v) is 19.3. The van der Waals surface area contributed by atoms with E-state index in [9.17, 15) is 0 Å². The van der Waals surface area contributed by atoms with Crippen LogP contribution in [0.2, 0.25) is 20.6 Å². The molecule has 0 spiro atoms. The molecule has 0 saturated heterocycles. The van der Waals surface area contributed by atoms with E-state index in [1.807, 2.05) is 36.4 Å². The maximum atomic E-state index is 9.16. The van der Waals surface area contributed by atoms with Crippen LogP contribution in [0, 0.1) is 0 Å². The smallest absolute Gasteiger partial charge is 0.317 e. The average molecular weight is 881 g/mol. The second-order valence-corrected chi connectivity index (χ2v) is 15.4. The van der Waals surface area contributed by atoms with Crippen molar-refractivity contribution >= 4 is 97.8 Å². The number of benzene rings is 4. The molecule has 19 heteroatoms. The van der Waals surface area contributed by atoms with E-state index >= 15 is 0 Å². The molecule has 0 unspecified atom stereocenters. The van der Waals surface area contributed by atoms with Crippen LogP contribution in [0.1, 0.15) is 7.43 Å². The molecule has 288 valence electrons. The van der Waals surface area contributed by atoms with Crippen molar-refractivity contribution in [3.63, 3.8) is 0 Å². The highest BCUT2D eigenvalue weighted by Crippen LogP contribution is 2.49. The van der Waals surface area contributed by atoms with Crippen molar-refractivity contribution in [2.75, 3.05) is 42.7 Å². The predicted molar refractivity (Wildman–Crippen MR) is 217 cm³/mol. The van der Waals surface area contributed by atoms with Gasteiger partial charge in [-0.1, -0.05) is 30.6 Å². The van der Waals surface area contributed by atoms with Crippen molar-refractivity contribution in [2.45, 2.75) is 7.43 Å². The van der Waals surface area contributed by atoms with E-state index in [0.29, 0.717) is 61.2 Å². The number of nitrogens with zero attached hydrogens (tertiary/aromatic N) is 4. The van der Waals surface area contributed by atoms with Crippen LogP contribution >= 0.6 is 67.8 Å². The largest absolute Gasteiger partial charge is 0.497 e. The van der Waals surface area contributed by atoms with Crippen LogP contribution in [-0.2, 0) is 8.26 Å². The molecule has 0 bridgehead atoms. The zero-order valence-electron chi connectivity index (χ0n) is 28.5. The number of fused-ring (bicyclic) bond motifs is 2. The van der Waals surface area contributed by atoms with Gasteiger partial charge in [-0.3, -0.25) is 0 Å². The Kier molecular flexibility index (Phi) is 16.1. The Morgan fingerprint density at radius 2 is 0.907 bits per heavy atom. The van der Waals surface area contributed by atoms with Crippen LogP contribution in [0.3, 0.4) is 0 Å². The normalized spacial score (nSPS) is 10.6. The highest BCUT2D eigenvalue weighted by Gasteiger charge is 2.22. The maximum Gasteiger partial charge on any atom is 0.317 e. The number of methoxy groups -OCH3 is 6. The Morgan fingerprint density at radius 1 is 0.519 bits per heavy atom. The molecule has 12 nitrogen and oxygen atoms in total. The Morgan fingerprint density at radius 3 is 1.30 bits per heavy atom. The van der Waals surface area contributed by atoms with Crippen LogP contribution < -0.4 is 28.4 Å². The molecule has 0 aliphatic rings. The summed E-state index contributed by atoms with van der Waals surface area (Å²) < 4.78 is 50.7. The minimum absolute atomic E-state index is 0. The molecule has 0 aliphatic carbocycles. The lowest BCUT2D eigenvalue weighted by molar-refractivity contribution is 0.394. The van der Waals surface area contributed by atoms with Gasteiger partial charge >= 0.3 is 8.26 Å². The summed E-state index contributed by atoms with van der Waals surface area (Å²) in [5.74, 6) is 3.49. The standard InChI is InChI=1S/C17H13Cl3N2O3.C17H15ClN2O3.CH4.Cl2O2S/c1-23-11-5-10-8(7-21-17(20)22-10)4-9(11)14-15(18)12(24-2)6-13(25-3)16(14)19;1-21-12-4-10(5-13(7-12)22-2)14-6-11-9-19-17(18)20-15(11)8-16(14)23-3;;1-5(2,3)4/h4-7H,1-3H3;4-9H,1-3H3;1H4;. The van der Waals surface area contributed by atoms with Crippen molar-refractivity contribution < 1.29 is 36.8 Å². The quantitative estimate of drug-likeness (QED) is 0.106. The maximum absolute atomic E-state index is 9.16. The highest BCUT2D eigenvalue weighted by atomic mass is 36.0. The lowest BCUT2D eigenvalue weighted by Gasteiger charge is -2.17. The summed E-state index contributed by atoms with van der Waals surface area (Å²) in [7, 11) is 14.3. The summed E-state index contributed by atoms with van der Waals surface area (Å²) in [4.78, 5) is 16.4. The Hall–Kier alpha value is -3.95. The molecule has 0 N–H and O–H groups in total. The van der Waals surface area contributed by atoms with Crippen molar-refractivity contribution in [3.8, 4) is 56.8 Å². The van der Waals surface area contributed by atoms with E-state index in [2.05, 4.69) is 41.3 Å². The van der Waals surface area contributed by atoms with Gasteiger partial charge in [0.25, 0.3) is 0 Å². The molecular weight excluding hydrogens is 849 g/mol. The second-order valence-electron chi connectivity index (χ2n) is 10.3. The van der Waals surface area contributed by atoms with Crippen LogP contribution in [0.25, 0.3) is 44.1 Å². The third kappa shape index (κ3) is 11.1. The van der Waals surface area contributed by atoms with Gasteiger partial charge in [0.2, 0.25) is 10.6 Å². The summed E-state index contributed by atoms with van der Waals surface area (Å²) in [5, 5.41) is 2.68. The number of rotatable bonds is 8. The Bertz CT molecular complexity index is 2330. The number of ether oxygens (including phenoxy) is 6. The van der Waals surface area contributed by atoms with E-state index in [1.54, 1.807) is 53.0 Å². The van der Waals surface area contributed by atoms with E-state index in [4.69, 9.17) is 83.2 Å². The van der Waals surface area contributed by atoms with Crippen molar-refractivity contribution in [3.05, 3.63) is 81.5 Å². The van der Waals surface area contributed by atoms with Crippen LogP contribution in [0.15, 0.2) is 60.9 Å². The SMILES string of the molecule is C.COc1cc(OC)cc(-c2cc3cnc(Cl)nc3cc2OC)c1.COc1cc2nc(Cl)ncc2cc1-c1c(Cl)c(OC)cc(OC)c1Cl.O=S(=O)(Cl)Cl. The van der Waals surface area contributed by atoms with E-state index < -0.39 is 8.26 Å². The zero-order valence-corrected chi connectivity index (χ0v) is 33.9. The molecule has 0 atom stereocenters. The third-order valence-electron chi connectivity index (χ3n) is 7.25. The van der Waals surface area contributed by atoms with Gasteiger partial charge in [0.1, 0.15) is 34.5 Å². The molecule has 0 radical (unpaired) electrons. The van der Waals surface area contributed by atoms with E-state index in [0.717, 1.165) is 27.4 Å². The number of hydrogen-bond donors (Lipinski definition) is 0. The molecule has 0 aliphatic heterocycles. The van der Waals surface area contributed by atoms with Gasteiger partial charge in [-0.05, 0) is 53.0 Å². The summed E-state index contributed by atoms with van der Waals surface area (Å²) in [6, 6.07) is 14.7. The van der Waals surface area contributed by atoms with Gasteiger partial charge in [0, 0.05) is 85.5 Å². The first-order chi connectivity index (χ1) is 25.1. The van der Waals surface area contributed by atoms with Crippen molar-refractivity contribution in [1.29, 1.82) is 0 Å². The fourth-order valence-corrected chi connectivity index (χ4v) is 5.90. The lowest BCUT2D eigenvalue weighted by Crippen LogP contribution is -1.96. The van der Waals surface area contributed by atoms with Crippen LogP contribution in [-0.4, -0.2) is 71.0 Å². The summed E-state index contributed by atoms with van der Waals surface area (Å²) >= 11 is 24.7. The zero-order chi connectivity index (χ0) is 39.0. The highest BCUT2D eigenvalue weighted by molar-refractivity contribution is 8.31. The molecule has 2 aromatic heterocycles. The van der Waals surface area contributed by atoms with Crippen LogP contribution in [0.5, 0.6) is 34.5 Å². The Labute approximate surface area is 341 Å². The molecule has 6 rings (SSSR count). The fraction of sp³-hybridized carbons (Fsp3) is 0.200. The Balaban J connectivity index is 0.000000255. The van der Waals surface area contributed by atoms with Gasteiger partial charge in [-0.25, -0.2) is 19.9 Å².